The van der Waals surface area contributed by atoms with Gasteiger partial charge in [-0.15, -0.1) is 10.2 Å². The van der Waals surface area contributed by atoms with Crippen molar-refractivity contribution in [1.29, 1.82) is 5.26 Å². The van der Waals surface area contributed by atoms with Gasteiger partial charge in [-0.3, -0.25) is 9.30 Å². The van der Waals surface area contributed by atoms with Gasteiger partial charge in [0.25, 0.3) is 6.43 Å². The predicted octanol–water partition coefficient (Wildman–Crippen LogP) is 2.56. The number of nitrogens with one attached hydrogen (secondary N) is 1. The van der Waals surface area contributed by atoms with Gasteiger partial charge >= 0.3 is 6.18 Å². The number of pyridine rings is 1. The van der Waals surface area contributed by atoms with Crippen LogP contribution in [0.25, 0.3) is 16.3 Å². The summed E-state index contributed by atoms with van der Waals surface area (Å²) in [6.45, 7) is 0.488. The second-order valence-electron chi connectivity index (χ2n) is 9.72. The van der Waals surface area contributed by atoms with Gasteiger partial charge in [0.2, 0.25) is 10.0 Å². The SMILES string of the molecule is C[C@@H]1CN(c2cc(S(=O)(=O)NC3(C#N)CC3)cn3c(-c4nnc(C(F)F)s4)ncc23)CCN1C(CO)C(F)(F)F. The first-order chi connectivity index (χ1) is 18.8. The lowest BCUT2D eigenvalue weighted by Crippen LogP contribution is -2.60. The molecule has 18 heteroatoms. The summed E-state index contributed by atoms with van der Waals surface area (Å²) >= 11 is 0.586. The van der Waals surface area contributed by atoms with Crippen molar-refractivity contribution in [3.8, 4) is 16.9 Å². The largest absolute Gasteiger partial charge is 0.406 e. The number of imidazole rings is 1. The second kappa shape index (κ2) is 10.1. The number of piperazine rings is 1. The Balaban J connectivity index is 1.58. The molecule has 0 aromatic carbocycles. The molecule has 0 radical (unpaired) electrons. The Morgan fingerprint density at radius 1 is 1.30 bits per heavy atom. The molecule has 2 N–H and O–H groups in total. The Bertz CT molecular complexity index is 1560. The number of aliphatic hydroxyl groups excluding tert-OH is 1. The molecule has 11 nitrogen and oxygen atoms in total. The molecule has 1 saturated carbocycles. The summed E-state index contributed by atoms with van der Waals surface area (Å²) in [5, 5.41) is 25.5. The van der Waals surface area contributed by atoms with Gasteiger partial charge in [-0.05, 0) is 25.8 Å². The molecule has 40 heavy (non-hydrogen) atoms. The molecule has 216 valence electrons. The molecule has 4 heterocycles. The first kappa shape index (κ1) is 28.5. The average Bonchev–Trinajstić information content (AvgIpc) is 3.26. The fraction of sp³-hybridized carbons (Fsp3) is 0.545. The third-order valence-electron chi connectivity index (χ3n) is 6.99. The molecule has 1 saturated heterocycles. The topological polar surface area (TPSA) is 140 Å². The average molecular weight is 607 g/mol. The minimum Gasteiger partial charge on any atom is -0.394 e. The fourth-order valence-corrected chi connectivity index (χ4v) is 6.84. The van der Waals surface area contributed by atoms with E-state index in [4.69, 9.17) is 0 Å². The van der Waals surface area contributed by atoms with Gasteiger partial charge in [0, 0.05) is 31.9 Å². The molecular formula is C22H23F5N8O3S2. The Hall–Kier alpha value is -2.98. The third-order valence-corrected chi connectivity index (χ3v) is 9.42. The van der Waals surface area contributed by atoms with Crippen LogP contribution in [0.5, 0.6) is 0 Å². The number of hydrogen-bond donors (Lipinski definition) is 2. The molecule has 1 unspecified atom stereocenters. The Kier molecular flexibility index (Phi) is 7.23. The molecule has 2 aliphatic rings. The summed E-state index contributed by atoms with van der Waals surface area (Å²) in [4.78, 5) is 6.86. The number of anilines is 1. The summed E-state index contributed by atoms with van der Waals surface area (Å²) in [6, 6.07) is 0.563. The van der Waals surface area contributed by atoms with E-state index < -0.39 is 51.9 Å². The lowest BCUT2D eigenvalue weighted by molar-refractivity contribution is -0.198. The van der Waals surface area contributed by atoms with E-state index in [1.165, 1.54) is 22.9 Å². The number of sulfonamides is 1. The maximum Gasteiger partial charge on any atom is 0.406 e. The maximum absolute atomic E-state index is 13.5. The number of aromatic nitrogens is 4. The number of fused-ring (bicyclic) bond motifs is 1. The van der Waals surface area contributed by atoms with E-state index in [1.807, 2.05) is 6.07 Å². The van der Waals surface area contributed by atoms with Crippen LogP contribution in [-0.4, -0.2) is 88.0 Å². The third kappa shape index (κ3) is 5.23. The fourth-order valence-electron chi connectivity index (χ4n) is 4.75. The van der Waals surface area contributed by atoms with Crippen LogP contribution in [0.3, 0.4) is 0 Å². The Morgan fingerprint density at radius 3 is 2.58 bits per heavy atom. The van der Waals surface area contributed by atoms with E-state index >= 15 is 0 Å². The molecule has 0 spiro atoms. The molecule has 1 aliphatic carbocycles. The van der Waals surface area contributed by atoms with Crippen LogP contribution < -0.4 is 9.62 Å². The number of aliphatic hydroxyl groups is 1. The van der Waals surface area contributed by atoms with Gasteiger partial charge in [-0.25, -0.2) is 22.2 Å². The van der Waals surface area contributed by atoms with Crippen molar-refractivity contribution in [3.05, 3.63) is 23.5 Å². The zero-order chi connectivity index (χ0) is 29.0. The highest BCUT2D eigenvalue weighted by Crippen LogP contribution is 2.38. The summed E-state index contributed by atoms with van der Waals surface area (Å²) in [5.74, 6) is 0.0446. The smallest absolute Gasteiger partial charge is 0.394 e. The van der Waals surface area contributed by atoms with Crippen LogP contribution >= 0.6 is 11.3 Å². The first-order valence-electron chi connectivity index (χ1n) is 12.0. The van der Waals surface area contributed by atoms with Crippen molar-refractivity contribution in [2.45, 2.75) is 54.9 Å². The molecule has 5 rings (SSSR count). The molecule has 0 amide bonds. The summed E-state index contributed by atoms with van der Waals surface area (Å²) in [7, 11) is -4.26. The quantitative estimate of drug-likeness (QED) is 0.371. The first-order valence-corrected chi connectivity index (χ1v) is 14.3. The van der Waals surface area contributed by atoms with Crippen LogP contribution in [0, 0.1) is 11.3 Å². The molecule has 1 aliphatic heterocycles. The van der Waals surface area contributed by atoms with Crippen molar-refractivity contribution >= 4 is 32.6 Å². The number of rotatable bonds is 8. The molecule has 3 aromatic rings. The number of alkyl halides is 5. The minimum absolute atomic E-state index is 0.00796. The van der Waals surface area contributed by atoms with Gasteiger partial charge in [0.15, 0.2) is 15.8 Å². The standard InChI is InChI=1S/C22H23F5N8O3S2/c1-12-8-33(4-5-34(12)16(10-36)22(25,26)27)14-6-13(40(37,38)32-21(11-28)2-3-21)9-35-15(14)7-29-18(35)20-31-30-19(39-20)17(23)24/h6-7,9,12,16-17,32,36H,2-5,8,10H2,1H3/t12-,16?/m1/s1. The van der Waals surface area contributed by atoms with E-state index in [2.05, 4.69) is 19.9 Å². The number of nitriles is 1. The van der Waals surface area contributed by atoms with Gasteiger partial charge in [-0.2, -0.15) is 23.2 Å². The highest BCUT2D eigenvalue weighted by Gasteiger charge is 2.48. The normalized spacial score (nSPS) is 20.7. The van der Waals surface area contributed by atoms with E-state index in [-0.39, 0.29) is 35.4 Å². The van der Waals surface area contributed by atoms with Gasteiger partial charge in [-0.1, -0.05) is 11.3 Å². The Morgan fingerprint density at radius 2 is 2.02 bits per heavy atom. The molecule has 3 aromatic heterocycles. The molecule has 2 atom stereocenters. The summed E-state index contributed by atoms with van der Waals surface area (Å²) < 4.78 is 97.2. The van der Waals surface area contributed by atoms with Crippen LogP contribution in [0.15, 0.2) is 23.4 Å². The van der Waals surface area contributed by atoms with E-state index in [9.17, 15) is 40.7 Å². The molecule has 2 fully saturated rings. The van der Waals surface area contributed by atoms with E-state index in [1.54, 1.807) is 11.8 Å². The second-order valence-corrected chi connectivity index (χ2v) is 12.4. The van der Waals surface area contributed by atoms with Crippen molar-refractivity contribution in [2.75, 3.05) is 31.1 Å². The Labute approximate surface area is 228 Å². The number of halogens is 5. The van der Waals surface area contributed by atoms with E-state index in [0.29, 0.717) is 35.4 Å². The lowest BCUT2D eigenvalue weighted by atomic mass is 10.1. The predicted molar refractivity (Wildman–Crippen MR) is 132 cm³/mol. The number of hydrogen-bond acceptors (Lipinski definition) is 10. The molecular weight excluding hydrogens is 583 g/mol. The number of nitrogens with zero attached hydrogens (tertiary/aromatic N) is 7. The molecule has 0 bridgehead atoms. The zero-order valence-corrected chi connectivity index (χ0v) is 22.4. The van der Waals surface area contributed by atoms with Crippen molar-refractivity contribution in [1.82, 2.24) is 29.2 Å². The van der Waals surface area contributed by atoms with Crippen LogP contribution in [0.1, 0.15) is 31.2 Å². The van der Waals surface area contributed by atoms with Gasteiger partial charge < -0.3 is 10.0 Å². The van der Waals surface area contributed by atoms with Crippen LogP contribution in [0.4, 0.5) is 27.6 Å². The van der Waals surface area contributed by atoms with Crippen molar-refractivity contribution in [2.24, 2.45) is 0 Å². The van der Waals surface area contributed by atoms with Crippen molar-refractivity contribution in [3.63, 3.8) is 0 Å². The highest BCUT2D eigenvalue weighted by molar-refractivity contribution is 7.89. The van der Waals surface area contributed by atoms with Crippen molar-refractivity contribution < 1.29 is 35.5 Å². The summed E-state index contributed by atoms with van der Waals surface area (Å²) in [5.41, 5.74) is -0.547. The highest BCUT2D eigenvalue weighted by atomic mass is 32.2. The zero-order valence-electron chi connectivity index (χ0n) is 20.8. The maximum atomic E-state index is 13.5. The van der Waals surface area contributed by atoms with Crippen LogP contribution in [-0.2, 0) is 10.0 Å². The van der Waals surface area contributed by atoms with Gasteiger partial charge in [0.1, 0.15) is 16.5 Å². The van der Waals surface area contributed by atoms with E-state index in [0.717, 1.165) is 4.90 Å². The monoisotopic (exact) mass is 606 g/mol. The minimum atomic E-state index is -4.64. The lowest BCUT2D eigenvalue weighted by Gasteiger charge is -2.44. The summed E-state index contributed by atoms with van der Waals surface area (Å²) in [6.07, 6.45) is -4.23. The van der Waals surface area contributed by atoms with Gasteiger partial charge in [0.05, 0.1) is 30.1 Å². The van der Waals surface area contributed by atoms with Crippen LogP contribution in [0.2, 0.25) is 0 Å².